The molecule has 0 radical (unpaired) electrons. The van der Waals surface area contributed by atoms with Gasteiger partial charge in [0.2, 0.25) is 0 Å². The van der Waals surface area contributed by atoms with Crippen LogP contribution in [-0.2, 0) is 14.2 Å². The predicted molar refractivity (Wildman–Crippen MR) is 56.6 cm³/mol. The summed E-state index contributed by atoms with van der Waals surface area (Å²) >= 11 is 0. The summed E-state index contributed by atoms with van der Waals surface area (Å²) in [6.45, 7) is 4.35. The third-order valence-electron chi connectivity index (χ3n) is 2.22. The Hall–Kier alpha value is -1.10. The molecule has 0 N–H and O–H groups in total. The van der Waals surface area contributed by atoms with Gasteiger partial charge in [0.05, 0.1) is 26.3 Å². The highest BCUT2D eigenvalue weighted by Gasteiger charge is 2.08. The van der Waals surface area contributed by atoms with Crippen molar-refractivity contribution in [1.82, 2.24) is 0 Å². The van der Waals surface area contributed by atoms with E-state index in [9.17, 15) is 0 Å². The van der Waals surface area contributed by atoms with Crippen molar-refractivity contribution in [1.29, 1.82) is 0 Å². The van der Waals surface area contributed by atoms with E-state index >= 15 is 0 Å². The molecule has 2 rings (SSSR count). The molecule has 0 unspecified atom stereocenters. The summed E-state index contributed by atoms with van der Waals surface area (Å²) in [7, 11) is 0. The number of rotatable bonds is 6. The normalized spacial score (nSPS) is 19.5. The SMILES string of the molecule is C1COC(CCOCCC2=NCCO2)=N1. The fourth-order valence-electron chi connectivity index (χ4n) is 1.48. The van der Waals surface area contributed by atoms with Gasteiger partial charge >= 0.3 is 0 Å². The first kappa shape index (κ1) is 10.4. The minimum Gasteiger partial charge on any atom is -0.479 e. The van der Waals surface area contributed by atoms with E-state index < -0.39 is 0 Å². The molecule has 15 heavy (non-hydrogen) atoms. The zero-order chi connectivity index (χ0) is 10.3. The van der Waals surface area contributed by atoms with Crippen molar-refractivity contribution in [3.8, 4) is 0 Å². The van der Waals surface area contributed by atoms with Crippen LogP contribution < -0.4 is 0 Å². The van der Waals surface area contributed by atoms with E-state index in [1.54, 1.807) is 0 Å². The van der Waals surface area contributed by atoms with Gasteiger partial charge in [-0.1, -0.05) is 0 Å². The highest BCUT2D eigenvalue weighted by atomic mass is 16.5. The first-order valence-electron chi connectivity index (χ1n) is 5.35. The Morgan fingerprint density at radius 2 is 1.47 bits per heavy atom. The molecule has 0 bridgehead atoms. The van der Waals surface area contributed by atoms with Crippen LogP contribution >= 0.6 is 0 Å². The monoisotopic (exact) mass is 212 g/mol. The minimum atomic E-state index is 0.659. The Morgan fingerprint density at radius 3 is 1.87 bits per heavy atom. The van der Waals surface area contributed by atoms with E-state index in [-0.39, 0.29) is 0 Å². The number of nitrogens with zero attached hydrogens (tertiary/aromatic N) is 2. The lowest BCUT2D eigenvalue weighted by Crippen LogP contribution is -2.08. The topological polar surface area (TPSA) is 52.4 Å². The van der Waals surface area contributed by atoms with Gasteiger partial charge in [-0.05, 0) is 0 Å². The summed E-state index contributed by atoms with van der Waals surface area (Å²) in [5, 5.41) is 0. The van der Waals surface area contributed by atoms with Crippen LogP contribution in [0.2, 0.25) is 0 Å². The van der Waals surface area contributed by atoms with E-state index in [1.807, 2.05) is 0 Å². The zero-order valence-corrected chi connectivity index (χ0v) is 8.78. The van der Waals surface area contributed by atoms with Crippen LogP contribution in [0.15, 0.2) is 9.98 Å². The van der Waals surface area contributed by atoms with Gasteiger partial charge in [0.25, 0.3) is 0 Å². The summed E-state index contributed by atoms with van der Waals surface area (Å²) in [6, 6.07) is 0. The second-order valence-electron chi connectivity index (χ2n) is 3.36. The highest BCUT2D eigenvalue weighted by Crippen LogP contribution is 2.01. The Bertz CT molecular complexity index is 237. The second-order valence-corrected chi connectivity index (χ2v) is 3.36. The molecule has 0 fully saturated rings. The molecule has 0 saturated heterocycles. The van der Waals surface area contributed by atoms with E-state index in [4.69, 9.17) is 14.2 Å². The lowest BCUT2D eigenvalue weighted by atomic mass is 10.4. The maximum Gasteiger partial charge on any atom is 0.185 e. The molecule has 2 aliphatic rings. The summed E-state index contributed by atoms with van der Waals surface area (Å²) in [4.78, 5) is 8.35. The standard InChI is InChI=1S/C10H16N2O3/c1(9-11-3-7-14-9)5-13-6-2-10-12-4-8-15-10/h1-8H2. The molecule has 5 nitrogen and oxygen atoms in total. The summed E-state index contributed by atoms with van der Waals surface area (Å²) < 4.78 is 15.9. The van der Waals surface area contributed by atoms with Crippen molar-refractivity contribution in [2.45, 2.75) is 12.8 Å². The maximum atomic E-state index is 5.44. The first-order chi connectivity index (χ1) is 7.45. The van der Waals surface area contributed by atoms with E-state index in [2.05, 4.69) is 9.98 Å². The van der Waals surface area contributed by atoms with Crippen molar-refractivity contribution in [3.63, 3.8) is 0 Å². The maximum absolute atomic E-state index is 5.44. The van der Waals surface area contributed by atoms with Gasteiger partial charge in [-0.3, -0.25) is 9.98 Å². The summed E-state index contributed by atoms with van der Waals surface area (Å²) in [5.41, 5.74) is 0. The molecule has 0 aromatic heterocycles. The molecule has 2 aliphatic heterocycles. The summed E-state index contributed by atoms with van der Waals surface area (Å²) in [5.74, 6) is 1.65. The third kappa shape index (κ3) is 3.51. The van der Waals surface area contributed by atoms with E-state index in [0.717, 1.165) is 50.9 Å². The molecular weight excluding hydrogens is 196 g/mol. The third-order valence-corrected chi connectivity index (χ3v) is 2.22. The van der Waals surface area contributed by atoms with Gasteiger partial charge in [-0.2, -0.15) is 0 Å². The van der Waals surface area contributed by atoms with E-state index in [1.165, 1.54) is 0 Å². The van der Waals surface area contributed by atoms with Crippen molar-refractivity contribution in [2.75, 3.05) is 39.5 Å². The van der Waals surface area contributed by atoms with Crippen molar-refractivity contribution < 1.29 is 14.2 Å². The van der Waals surface area contributed by atoms with Gasteiger partial charge < -0.3 is 14.2 Å². The molecule has 2 heterocycles. The van der Waals surface area contributed by atoms with Gasteiger partial charge in [0.1, 0.15) is 13.2 Å². The molecule has 0 aromatic rings. The second kappa shape index (κ2) is 5.70. The quantitative estimate of drug-likeness (QED) is 0.607. The average molecular weight is 212 g/mol. The highest BCUT2D eigenvalue weighted by molar-refractivity contribution is 5.77. The van der Waals surface area contributed by atoms with Crippen molar-refractivity contribution in [2.24, 2.45) is 9.98 Å². The number of ether oxygens (including phenoxy) is 3. The van der Waals surface area contributed by atoms with Gasteiger partial charge in [0, 0.05) is 12.8 Å². The van der Waals surface area contributed by atoms with Gasteiger partial charge in [-0.15, -0.1) is 0 Å². The number of hydrogen-bond donors (Lipinski definition) is 0. The first-order valence-corrected chi connectivity index (χ1v) is 5.35. The average Bonchev–Trinajstić information content (AvgIpc) is 2.88. The predicted octanol–water partition coefficient (Wildman–Crippen LogP) is 0.641. The minimum absolute atomic E-state index is 0.659. The van der Waals surface area contributed by atoms with Crippen LogP contribution in [0.5, 0.6) is 0 Å². The molecule has 84 valence electrons. The van der Waals surface area contributed by atoms with Crippen molar-refractivity contribution in [3.05, 3.63) is 0 Å². The Labute approximate surface area is 89.1 Å². The molecule has 0 aliphatic carbocycles. The van der Waals surface area contributed by atoms with Crippen LogP contribution in [0.4, 0.5) is 0 Å². The van der Waals surface area contributed by atoms with Crippen LogP contribution in [-0.4, -0.2) is 51.3 Å². The largest absolute Gasteiger partial charge is 0.479 e. The number of aliphatic imine (C=N–C) groups is 2. The fourth-order valence-corrected chi connectivity index (χ4v) is 1.48. The molecule has 5 heteroatoms. The lowest BCUT2D eigenvalue weighted by Gasteiger charge is -2.04. The Morgan fingerprint density at radius 1 is 0.933 bits per heavy atom. The molecule has 0 atom stereocenters. The smallest absolute Gasteiger partial charge is 0.185 e. The molecule has 0 saturated carbocycles. The Balaban J connectivity index is 1.48. The zero-order valence-electron chi connectivity index (χ0n) is 8.78. The van der Waals surface area contributed by atoms with E-state index in [0.29, 0.717) is 13.2 Å². The molecule has 0 spiro atoms. The Kier molecular flexibility index (Phi) is 3.96. The van der Waals surface area contributed by atoms with Crippen LogP contribution in [0.1, 0.15) is 12.8 Å². The molecule has 0 amide bonds. The van der Waals surface area contributed by atoms with Crippen LogP contribution in [0, 0.1) is 0 Å². The van der Waals surface area contributed by atoms with Crippen LogP contribution in [0.3, 0.4) is 0 Å². The van der Waals surface area contributed by atoms with Gasteiger partial charge in [-0.25, -0.2) is 0 Å². The van der Waals surface area contributed by atoms with Crippen LogP contribution in [0.25, 0.3) is 0 Å². The molecular formula is C10H16N2O3. The lowest BCUT2D eigenvalue weighted by molar-refractivity contribution is 0.140. The fraction of sp³-hybridized carbons (Fsp3) is 0.800. The van der Waals surface area contributed by atoms with Gasteiger partial charge in [0.15, 0.2) is 11.8 Å². The number of hydrogen-bond acceptors (Lipinski definition) is 5. The molecule has 0 aromatic carbocycles. The van der Waals surface area contributed by atoms with Crippen molar-refractivity contribution >= 4 is 11.8 Å². The summed E-state index contributed by atoms with van der Waals surface area (Å²) in [6.07, 6.45) is 1.54.